The summed E-state index contributed by atoms with van der Waals surface area (Å²) in [6.07, 6.45) is 3.52. The summed E-state index contributed by atoms with van der Waals surface area (Å²) in [5.41, 5.74) is 0. The van der Waals surface area contributed by atoms with E-state index in [9.17, 15) is 0 Å². The number of nitrogens with zero attached hydrogens (tertiary/aromatic N) is 2. The zero-order chi connectivity index (χ0) is 11.9. The maximum atomic E-state index is 4.08. The van der Waals surface area contributed by atoms with E-state index in [-0.39, 0.29) is 0 Å². The number of hydrogen-bond donors (Lipinski definition) is 1. The maximum absolute atomic E-state index is 4.08. The maximum Gasteiger partial charge on any atom is 0.0574 e. The molecule has 0 spiro atoms. The zero-order valence-electron chi connectivity index (χ0n) is 9.19. The van der Waals surface area contributed by atoms with Crippen molar-refractivity contribution in [3.05, 3.63) is 67.0 Å². The molecule has 17 heavy (non-hydrogen) atoms. The zero-order valence-corrected chi connectivity index (χ0v) is 10.1. The highest BCUT2D eigenvalue weighted by atomic mass is 32.1. The predicted octanol–water partition coefficient (Wildman–Crippen LogP) is 3.61. The van der Waals surface area contributed by atoms with Gasteiger partial charge in [-0.1, -0.05) is 42.5 Å². The molecule has 3 aromatic rings. The summed E-state index contributed by atoms with van der Waals surface area (Å²) in [5, 5.41) is 9.80. The van der Waals surface area contributed by atoms with Crippen LogP contribution in [0.2, 0.25) is 0 Å². The highest BCUT2D eigenvalue weighted by Gasteiger charge is 1.87. The molecule has 0 unspecified atom stereocenters. The van der Waals surface area contributed by atoms with Crippen LogP contribution in [0.3, 0.4) is 0 Å². The lowest BCUT2D eigenvalue weighted by atomic mass is 10.2. The molecule has 84 valence electrons. The van der Waals surface area contributed by atoms with E-state index in [2.05, 4.69) is 22.8 Å². The average Bonchev–Trinajstić information content (AvgIpc) is 2.41. The Bertz CT molecular complexity index is 516. The van der Waals surface area contributed by atoms with Gasteiger partial charge in [0.25, 0.3) is 0 Å². The third kappa shape index (κ3) is 3.57. The Morgan fingerprint density at radius 2 is 1.12 bits per heavy atom. The van der Waals surface area contributed by atoms with Crippen LogP contribution in [0, 0.1) is 0 Å². The van der Waals surface area contributed by atoms with E-state index in [0.29, 0.717) is 0 Å². The first-order chi connectivity index (χ1) is 8.36. The van der Waals surface area contributed by atoms with Crippen molar-refractivity contribution in [1.82, 2.24) is 10.2 Å². The van der Waals surface area contributed by atoms with Gasteiger partial charge in [-0.2, -0.15) is 10.2 Å². The number of aromatic nitrogens is 2. The molecule has 1 heterocycles. The van der Waals surface area contributed by atoms with Crippen molar-refractivity contribution in [2.45, 2.75) is 4.90 Å². The van der Waals surface area contributed by atoms with Gasteiger partial charge in [0, 0.05) is 15.7 Å². The summed E-state index contributed by atoms with van der Waals surface area (Å²) in [6.45, 7) is 0. The molecule has 0 N–H and O–H groups in total. The normalized spacial score (nSPS) is 9.47. The largest absolute Gasteiger partial charge is 0.158 e. The fourth-order valence-electron chi connectivity index (χ4n) is 1.37. The Labute approximate surface area is 106 Å². The van der Waals surface area contributed by atoms with Gasteiger partial charge in [-0.3, -0.25) is 0 Å². The van der Waals surface area contributed by atoms with Crippen LogP contribution < -0.4 is 0 Å². The lowest BCUT2D eigenvalue weighted by Gasteiger charge is -1.90. The number of hydrogen-bond acceptors (Lipinski definition) is 3. The molecule has 0 fully saturated rings. The SMILES string of the molecule is Sc1ccccc1.c1ccc2cnncc2c1. The molecule has 0 radical (unpaired) electrons. The minimum absolute atomic E-state index is 1.02. The monoisotopic (exact) mass is 240 g/mol. The smallest absolute Gasteiger partial charge is 0.0574 e. The molecule has 0 atom stereocenters. The predicted molar refractivity (Wildman–Crippen MR) is 73.2 cm³/mol. The first kappa shape index (κ1) is 11.6. The van der Waals surface area contributed by atoms with Gasteiger partial charge in [-0.05, 0) is 12.1 Å². The third-order valence-electron chi connectivity index (χ3n) is 2.21. The van der Waals surface area contributed by atoms with E-state index < -0.39 is 0 Å². The standard InChI is InChI=1S/C8H6N2.C6H6S/c1-2-4-8-6-10-9-5-7(8)3-1;7-6-4-2-1-3-5-6/h1-6H;1-5,7H. The van der Waals surface area contributed by atoms with Crippen LogP contribution in [-0.4, -0.2) is 10.2 Å². The number of benzene rings is 2. The number of fused-ring (bicyclic) bond motifs is 1. The second-order valence-electron chi connectivity index (χ2n) is 3.45. The van der Waals surface area contributed by atoms with Gasteiger partial charge in [-0.25, -0.2) is 0 Å². The van der Waals surface area contributed by atoms with Gasteiger partial charge in [0.15, 0.2) is 0 Å². The van der Waals surface area contributed by atoms with Gasteiger partial charge in [-0.15, -0.1) is 12.6 Å². The van der Waals surface area contributed by atoms with Gasteiger partial charge < -0.3 is 0 Å². The molecule has 3 rings (SSSR count). The summed E-state index contributed by atoms with van der Waals surface area (Å²) in [6, 6.07) is 17.8. The van der Waals surface area contributed by atoms with Crippen molar-refractivity contribution in [3.63, 3.8) is 0 Å². The minimum Gasteiger partial charge on any atom is -0.158 e. The molecular formula is C14H12N2S. The Balaban J connectivity index is 0.000000136. The van der Waals surface area contributed by atoms with E-state index >= 15 is 0 Å². The molecule has 0 aliphatic heterocycles. The molecule has 0 aliphatic carbocycles. The summed E-state index contributed by atoms with van der Waals surface area (Å²) in [4.78, 5) is 1.02. The van der Waals surface area contributed by atoms with Crippen LogP contribution in [0.5, 0.6) is 0 Å². The quantitative estimate of drug-likeness (QED) is 0.607. The van der Waals surface area contributed by atoms with Gasteiger partial charge in [0.2, 0.25) is 0 Å². The molecule has 0 bridgehead atoms. The molecule has 0 saturated heterocycles. The summed E-state index contributed by atoms with van der Waals surface area (Å²) >= 11 is 4.08. The first-order valence-electron chi connectivity index (χ1n) is 5.26. The van der Waals surface area contributed by atoms with Crippen LogP contribution in [0.1, 0.15) is 0 Å². The van der Waals surface area contributed by atoms with Crippen molar-refractivity contribution >= 4 is 23.4 Å². The Hall–Kier alpha value is -1.87. The third-order valence-corrected chi connectivity index (χ3v) is 2.51. The molecule has 2 aromatic carbocycles. The number of rotatable bonds is 0. The van der Waals surface area contributed by atoms with Crippen molar-refractivity contribution in [3.8, 4) is 0 Å². The highest BCUT2D eigenvalue weighted by molar-refractivity contribution is 7.80. The second-order valence-corrected chi connectivity index (χ2v) is 3.97. The second kappa shape index (κ2) is 6.01. The molecule has 2 nitrogen and oxygen atoms in total. The Morgan fingerprint density at radius 1 is 0.647 bits per heavy atom. The highest BCUT2D eigenvalue weighted by Crippen LogP contribution is 2.08. The van der Waals surface area contributed by atoms with Gasteiger partial charge >= 0.3 is 0 Å². The molecule has 0 amide bonds. The van der Waals surface area contributed by atoms with Crippen molar-refractivity contribution < 1.29 is 0 Å². The summed E-state index contributed by atoms with van der Waals surface area (Å²) in [7, 11) is 0. The summed E-state index contributed by atoms with van der Waals surface area (Å²) < 4.78 is 0. The lowest BCUT2D eigenvalue weighted by molar-refractivity contribution is 1.05. The van der Waals surface area contributed by atoms with Crippen molar-refractivity contribution in [2.75, 3.05) is 0 Å². The fourth-order valence-corrected chi connectivity index (χ4v) is 1.54. The van der Waals surface area contributed by atoms with E-state index in [1.54, 1.807) is 12.4 Å². The van der Waals surface area contributed by atoms with Crippen LogP contribution in [0.25, 0.3) is 10.8 Å². The van der Waals surface area contributed by atoms with E-state index in [0.717, 1.165) is 15.7 Å². The Kier molecular flexibility index (Phi) is 4.11. The van der Waals surface area contributed by atoms with Gasteiger partial charge in [0.1, 0.15) is 0 Å². The topological polar surface area (TPSA) is 25.8 Å². The fraction of sp³-hybridized carbons (Fsp3) is 0. The molecular weight excluding hydrogens is 228 g/mol. The molecule has 3 heteroatoms. The van der Waals surface area contributed by atoms with Crippen LogP contribution in [0.4, 0.5) is 0 Å². The Morgan fingerprint density at radius 3 is 1.53 bits per heavy atom. The minimum atomic E-state index is 1.02. The lowest BCUT2D eigenvalue weighted by Crippen LogP contribution is -1.77. The average molecular weight is 240 g/mol. The number of thiol groups is 1. The molecule has 1 aromatic heterocycles. The first-order valence-corrected chi connectivity index (χ1v) is 5.70. The van der Waals surface area contributed by atoms with Crippen molar-refractivity contribution in [2.24, 2.45) is 0 Å². The van der Waals surface area contributed by atoms with E-state index in [1.807, 2.05) is 54.6 Å². The van der Waals surface area contributed by atoms with Crippen LogP contribution in [-0.2, 0) is 0 Å². The molecule has 0 saturated carbocycles. The summed E-state index contributed by atoms with van der Waals surface area (Å²) in [5.74, 6) is 0. The van der Waals surface area contributed by atoms with Crippen LogP contribution in [0.15, 0.2) is 71.9 Å². The van der Waals surface area contributed by atoms with Crippen LogP contribution >= 0.6 is 12.6 Å². The van der Waals surface area contributed by atoms with Crippen molar-refractivity contribution in [1.29, 1.82) is 0 Å². The van der Waals surface area contributed by atoms with E-state index in [1.165, 1.54) is 0 Å². The van der Waals surface area contributed by atoms with Gasteiger partial charge in [0.05, 0.1) is 12.4 Å². The van der Waals surface area contributed by atoms with E-state index in [4.69, 9.17) is 0 Å². The molecule has 0 aliphatic rings.